The molecule has 0 atom stereocenters. The van der Waals surface area contributed by atoms with Gasteiger partial charge in [-0.1, -0.05) is 31.2 Å². The fraction of sp³-hybridized carbons (Fsp3) is 0.400. The Morgan fingerprint density at radius 3 is 2.61 bits per heavy atom. The highest BCUT2D eigenvalue weighted by atomic mass is 15.3. The van der Waals surface area contributed by atoms with Gasteiger partial charge < -0.3 is 5.32 Å². The quantitative estimate of drug-likeness (QED) is 0.875. The van der Waals surface area contributed by atoms with Crippen LogP contribution < -0.4 is 5.32 Å². The van der Waals surface area contributed by atoms with Gasteiger partial charge in [0.25, 0.3) is 0 Å². The lowest BCUT2D eigenvalue weighted by molar-refractivity contribution is 0.653. The van der Waals surface area contributed by atoms with Crippen molar-refractivity contribution in [3.63, 3.8) is 0 Å². The molecule has 0 bridgehead atoms. The van der Waals surface area contributed by atoms with Crippen molar-refractivity contribution in [1.29, 1.82) is 0 Å². The third-order valence-corrected chi connectivity index (χ3v) is 3.14. The van der Waals surface area contributed by atoms with Gasteiger partial charge in [0.1, 0.15) is 0 Å². The fourth-order valence-electron chi connectivity index (χ4n) is 2.14. The van der Waals surface area contributed by atoms with Crippen LogP contribution in [0.4, 0.5) is 0 Å². The molecule has 1 aromatic carbocycles. The van der Waals surface area contributed by atoms with E-state index in [1.165, 1.54) is 16.7 Å². The minimum absolute atomic E-state index is 0.906. The summed E-state index contributed by atoms with van der Waals surface area (Å²) in [5.41, 5.74) is 4.96. The van der Waals surface area contributed by atoms with Crippen molar-refractivity contribution in [2.45, 2.75) is 33.9 Å². The first-order chi connectivity index (χ1) is 8.76. The van der Waals surface area contributed by atoms with E-state index < -0.39 is 0 Å². The molecule has 0 aliphatic heterocycles. The standard InChI is InChI=1S/C15H21N3/c1-4-16-10-13-8-6-7-9-14(13)15-11-18(5-2)17-12(15)3/h6-9,11,16H,4-5,10H2,1-3H3. The van der Waals surface area contributed by atoms with Crippen LogP contribution in [0.5, 0.6) is 0 Å². The predicted octanol–water partition coefficient (Wildman–Crippen LogP) is 2.99. The molecule has 2 rings (SSSR count). The maximum atomic E-state index is 4.52. The van der Waals surface area contributed by atoms with Crippen molar-refractivity contribution in [3.05, 3.63) is 41.7 Å². The second-order valence-corrected chi connectivity index (χ2v) is 4.42. The summed E-state index contributed by atoms with van der Waals surface area (Å²) in [6, 6.07) is 8.54. The van der Waals surface area contributed by atoms with Gasteiger partial charge in [0.2, 0.25) is 0 Å². The lowest BCUT2D eigenvalue weighted by atomic mass is 10.0. The van der Waals surface area contributed by atoms with Crippen LogP contribution in [0.25, 0.3) is 11.1 Å². The highest BCUT2D eigenvalue weighted by Crippen LogP contribution is 2.26. The van der Waals surface area contributed by atoms with Crippen LogP contribution in [0.1, 0.15) is 25.1 Å². The number of nitrogens with zero attached hydrogens (tertiary/aromatic N) is 2. The topological polar surface area (TPSA) is 29.9 Å². The van der Waals surface area contributed by atoms with Crippen LogP contribution in [0.15, 0.2) is 30.5 Å². The zero-order valence-electron chi connectivity index (χ0n) is 11.4. The summed E-state index contributed by atoms with van der Waals surface area (Å²) >= 11 is 0. The third kappa shape index (κ3) is 2.62. The number of aromatic nitrogens is 2. The van der Waals surface area contributed by atoms with Crippen molar-refractivity contribution in [1.82, 2.24) is 15.1 Å². The van der Waals surface area contributed by atoms with Gasteiger partial charge in [0.15, 0.2) is 0 Å². The van der Waals surface area contributed by atoms with Crippen LogP contribution in [0.3, 0.4) is 0 Å². The van der Waals surface area contributed by atoms with Gasteiger partial charge in [0, 0.05) is 24.8 Å². The van der Waals surface area contributed by atoms with Gasteiger partial charge in [-0.2, -0.15) is 5.10 Å². The second-order valence-electron chi connectivity index (χ2n) is 4.42. The first-order valence-electron chi connectivity index (χ1n) is 6.59. The summed E-state index contributed by atoms with van der Waals surface area (Å²) in [6.45, 7) is 9.12. The molecule has 0 unspecified atom stereocenters. The SMILES string of the molecule is CCNCc1ccccc1-c1cn(CC)nc1C. The van der Waals surface area contributed by atoms with E-state index in [2.05, 4.69) is 61.6 Å². The van der Waals surface area contributed by atoms with E-state index >= 15 is 0 Å². The molecule has 0 fully saturated rings. The van der Waals surface area contributed by atoms with Gasteiger partial charge >= 0.3 is 0 Å². The largest absolute Gasteiger partial charge is 0.313 e. The molecule has 0 aliphatic carbocycles. The monoisotopic (exact) mass is 243 g/mol. The lowest BCUT2D eigenvalue weighted by Gasteiger charge is -2.08. The maximum absolute atomic E-state index is 4.52. The zero-order chi connectivity index (χ0) is 13.0. The highest BCUT2D eigenvalue weighted by molar-refractivity contribution is 5.68. The van der Waals surface area contributed by atoms with Crippen molar-refractivity contribution in [2.75, 3.05) is 6.54 Å². The smallest absolute Gasteiger partial charge is 0.0672 e. The Kier molecular flexibility index (Phi) is 4.15. The Morgan fingerprint density at radius 2 is 1.94 bits per heavy atom. The predicted molar refractivity (Wildman–Crippen MR) is 75.5 cm³/mol. The summed E-state index contributed by atoms with van der Waals surface area (Å²) in [7, 11) is 0. The summed E-state index contributed by atoms with van der Waals surface area (Å²) in [5, 5.41) is 7.91. The molecular weight excluding hydrogens is 222 g/mol. The average Bonchev–Trinajstić information content (AvgIpc) is 2.78. The van der Waals surface area contributed by atoms with Crippen LogP contribution in [0.2, 0.25) is 0 Å². The van der Waals surface area contributed by atoms with Crippen LogP contribution in [-0.2, 0) is 13.1 Å². The second kappa shape index (κ2) is 5.83. The summed E-state index contributed by atoms with van der Waals surface area (Å²) in [6.07, 6.45) is 2.14. The van der Waals surface area contributed by atoms with Gasteiger partial charge in [-0.05, 0) is 31.5 Å². The minimum Gasteiger partial charge on any atom is -0.313 e. The number of rotatable bonds is 5. The molecule has 3 nitrogen and oxygen atoms in total. The van der Waals surface area contributed by atoms with Crippen LogP contribution >= 0.6 is 0 Å². The Balaban J connectivity index is 2.39. The van der Waals surface area contributed by atoms with E-state index in [4.69, 9.17) is 0 Å². The first-order valence-corrected chi connectivity index (χ1v) is 6.59. The fourth-order valence-corrected chi connectivity index (χ4v) is 2.14. The van der Waals surface area contributed by atoms with E-state index in [1.54, 1.807) is 0 Å². The normalized spacial score (nSPS) is 10.8. The lowest BCUT2D eigenvalue weighted by Crippen LogP contribution is -2.12. The minimum atomic E-state index is 0.906. The number of hydrogen-bond acceptors (Lipinski definition) is 2. The molecule has 96 valence electrons. The van der Waals surface area contributed by atoms with Gasteiger partial charge in [-0.25, -0.2) is 0 Å². The Bertz CT molecular complexity index is 514. The van der Waals surface area contributed by atoms with Crippen molar-refractivity contribution >= 4 is 0 Å². The van der Waals surface area contributed by atoms with E-state index in [-0.39, 0.29) is 0 Å². The zero-order valence-corrected chi connectivity index (χ0v) is 11.4. The molecule has 3 heteroatoms. The number of benzene rings is 1. The Morgan fingerprint density at radius 1 is 1.17 bits per heavy atom. The van der Waals surface area contributed by atoms with Crippen LogP contribution in [-0.4, -0.2) is 16.3 Å². The molecule has 0 aliphatic rings. The van der Waals surface area contributed by atoms with Gasteiger partial charge in [-0.15, -0.1) is 0 Å². The molecule has 2 aromatic rings. The van der Waals surface area contributed by atoms with Crippen LogP contribution in [0, 0.1) is 6.92 Å². The van der Waals surface area contributed by atoms with Crippen molar-refractivity contribution < 1.29 is 0 Å². The van der Waals surface area contributed by atoms with E-state index in [1.807, 2.05) is 4.68 Å². The summed E-state index contributed by atoms with van der Waals surface area (Å²) in [5.74, 6) is 0. The molecule has 18 heavy (non-hydrogen) atoms. The molecule has 1 aromatic heterocycles. The molecule has 1 N–H and O–H groups in total. The maximum Gasteiger partial charge on any atom is 0.0672 e. The van der Waals surface area contributed by atoms with E-state index in [0.29, 0.717) is 0 Å². The van der Waals surface area contributed by atoms with E-state index in [0.717, 1.165) is 25.3 Å². The Hall–Kier alpha value is -1.61. The van der Waals surface area contributed by atoms with Crippen molar-refractivity contribution in [2.24, 2.45) is 0 Å². The first kappa shape index (κ1) is 12.8. The summed E-state index contributed by atoms with van der Waals surface area (Å²) in [4.78, 5) is 0. The molecule has 1 heterocycles. The van der Waals surface area contributed by atoms with Crippen molar-refractivity contribution in [3.8, 4) is 11.1 Å². The third-order valence-electron chi connectivity index (χ3n) is 3.14. The molecule has 0 radical (unpaired) electrons. The summed E-state index contributed by atoms with van der Waals surface area (Å²) < 4.78 is 1.99. The Labute approximate surface area is 109 Å². The molecule has 0 saturated carbocycles. The number of hydrogen-bond donors (Lipinski definition) is 1. The number of aryl methyl sites for hydroxylation is 2. The molecule has 0 amide bonds. The van der Waals surface area contributed by atoms with Gasteiger partial charge in [-0.3, -0.25) is 4.68 Å². The molecule has 0 saturated heterocycles. The molecular formula is C15H21N3. The average molecular weight is 243 g/mol. The molecule has 0 spiro atoms. The highest BCUT2D eigenvalue weighted by Gasteiger charge is 2.10. The van der Waals surface area contributed by atoms with E-state index in [9.17, 15) is 0 Å². The van der Waals surface area contributed by atoms with Gasteiger partial charge in [0.05, 0.1) is 5.69 Å². The number of nitrogens with one attached hydrogen (secondary N) is 1.